The van der Waals surface area contributed by atoms with Gasteiger partial charge < -0.3 is 15.4 Å². The van der Waals surface area contributed by atoms with Gasteiger partial charge in [0.05, 0.1) is 6.54 Å². The highest BCUT2D eigenvalue weighted by atomic mass is 35.5. The molecule has 22 heavy (non-hydrogen) atoms. The Kier molecular flexibility index (Phi) is 6.10. The van der Waals surface area contributed by atoms with E-state index in [0.717, 1.165) is 16.9 Å². The van der Waals surface area contributed by atoms with E-state index in [1.54, 1.807) is 12.1 Å². The maximum Gasteiger partial charge on any atom is 0.315 e. The molecule has 0 bridgehead atoms. The molecule has 116 valence electrons. The van der Waals surface area contributed by atoms with Crippen LogP contribution in [0.5, 0.6) is 5.75 Å². The van der Waals surface area contributed by atoms with Crippen molar-refractivity contribution in [2.75, 3.05) is 13.2 Å². The van der Waals surface area contributed by atoms with Crippen LogP contribution in [0, 0.1) is 6.92 Å². The fourth-order valence-electron chi connectivity index (χ4n) is 1.89. The summed E-state index contributed by atoms with van der Waals surface area (Å²) in [7, 11) is 0. The van der Waals surface area contributed by atoms with Crippen LogP contribution in [0.15, 0.2) is 48.5 Å². The molecule has 5 heteroatoms. The first-order valence-electron chi connectivity index (χ1n) is 7.10. The Bertz CT molecular complexity index is 614. The second-order valence-electron chi connectivity index (χ2n) is 4.85. The first-order valence-corrected chi connectivity index (χ1v) is 7.47. The lowest BCUT2D eigenvalue weighted by molar-refractivity contribution is 0.236. The zero-order valence-electron chi connectivity index (χ0n) is 12.4. The summed E-state index contributed by atoms with van der Waals surface area (Å²) in [6.45, 7) is 3.32. The number of carbonyl (C=O) groups is 1. The zero-order valence-corrected chi connectivity index (χ0v) is 13.2. The van der Waals surface area contributed by atoms with Crippen molar-refractivity contribution in [1.29, 1.82) is 0 Å². The van der Waals surface area contributed by atoms with Crippen LogP contribution >= 0.6 is 11.6 Å². The van der Waals surface area contributed by atoms with Crippen molar-refractivity contribution >= 4 is 17.6 Å². The van der Waals surface area contributed by atoms with Gasteiger partial charge in [-0.25, -0.2) is 4.79 Å². The van der Waals surface area contributed by atoms with E-state index < -0.39 is 0 Å². The highest BCUT2D eigenvalue weighted by molar-refractivity contribution is 6.30. The number of hydrogen-bond acceptors (Lipinski definition) is 2. The molecule has 0 aliphatic heterocycles. The number of urea groups is 1. The molecule has 2 N–H and O–H groups in total. The van der Waals surface area contributed by atoms with Gasteiger partial charge in [-0.1, -0.05) is 41.9 Å². The van der Waals surface area contributed by atoms with E-state index in [9.17, 15) is 4.79 Å². The average Bonchev–Trinajstić information content (AvgIpc) is 2.52. The van der Waals surface area contributed by atoms with Gasteiger partial charge in [0.1, 0.15) is 12.4 Å². The Morgan fingerprint density at radius 1 is 1.09 bits per heavy atom. The lowest BCUT2D eigenvalue weighted by Crippen LogP contribution is -2.37. The molecule has 0 unspecified atom stereocenters. The van der Waals surface area contributed by atoms with E-state index in [1.165, 1.54) is 0 Å². The Morgan fingerprint density at radius 2 is 1.82 bits per heavy atom. The molecule has 0 atom stereocenters. The Morgan fingerprint density at radius 3 is 2.55 bits per heavy atom. The predicted molar refractivity (Wildman–Crippen MR) is 88.4 cm³/mol. The summed E-state index contributed by atoms with van der Waals surface area (Å²) in [4.78, 5) is 11.7. The largest absolute Gasteiger partial charge is 0.491 e. The smallest absolute Gasteiger partial charge is 0.315 e. The number of rotatable bonds is 6. The number of amides is 2. The summed E-state index contributed by atoms with van der Waals surface area (Å²) in [5, 5.41) is 6.21. The number of aryl methyl sites for hydroxylation is 1. The second-order valence-corrected chi connectivity index (χ2v) is 5.29. The van der Waals surface area contributed by atoms with Crippen molar-refractivity contribution in [3.8, 4) is 5.75 Å². The average molecular weight is 319 g/mol. The summed E-state index contributed by atoms with van der Waals surface area (Å²) >= 11 is 5.81. The minimum atomic E-state index is -0.219. The molecule has 0 saturated carbocycles. The fourth-order valence-corrected chi connectivity index (χ4v) is 2.02. The third-order valence-corrected chi connectivity index (χ3v) is 3.36. The van der Waals surface area contributed by atoms with Crippen molar-refractivity contribution in [1.82, 2.24) is 10.6 Å². The molecule has 2 aromatic carbocycles. The number of benzene rings is 2. The standard InChI is InChI=1S/C17H19ClN2O2/c1-13-4-2-3-5-16(13)22-11-10-19-17(21)20-12-14-6-8-15(18)9-7-14/h2-9H,10-12H2,1H3,(H2,19,20,21). The molecule has 0 heterocycles. The van der Waals surface area contributed by atoms with Gasteiger partial charge in [0.25, 0.3) is 0 Å². The van der Waals surface area contributed by atoms with E-state index in [1.807, 2.05) is 43.3 Å². The topological polar surface area (TPSA) is 50.4 Å². The van der Waals surface area contributed by atoms with Crippen LogP contribution in [-0.4, -0.2) is 19.2 Å². The number of nitrogens with one attached hydrogen (secondary N) is 2. The molecule has 2 amide bonds. The van der Waals surface area contributed by atoms with Crippen molar-refractivity contribution in [2.45, 2.75) is 13.5 Å². The van der Waals surface area contributed by atoms with Gasteiger partial charge in [-0.05, 0) is 36.2 Å². The Balaban J connectivity index is 1.64. The first kappa shape index (κ1) is 16.2. The fraction of sp³-hybridized carbons (Fsp3) is 0.235. The summed E-state index contributed by atoms with van der Waals surface area (Å²) in [6.07, 6.45) is 0. The predicted octanol–water partition coefficient (Wildman–Crippen LogP) is 3.53. The number of hydrogen-bond donors (Lipinski definition) is 2. The lowest BCUT2D eigenvalue weighted by Gasteiger charge is -2.10. The molecular weight excluding hydrogens is 300 g/mol. The summed E-state index contributed by atoms with van der Waals surface area (Å²) in [5.74, 6) is 0.839. The van der Waals surface area contributed by atoms with E-state index in [0.29, 0.717) is 24.7 Å². The summed E-state index contributed by atoms with van der Waals surface area (Å²) in [5.41, 5.74) is 2.07. The molecule has 0 spiro atoms. The van der Waals surface area contributed by atoms with Crippen molar-refractivity contribution in [2.24, 2.45) is 0 Å². The molecule has 0 fully saturated rings. The maximum absolute atomic E-state index is 11.7. The third-order valence-electron chi connectivity index (χ3n) is 3.11. The molecule has 0 aromatic heterocycles. The molecule has 2 aromatic rings. The van der Waals surface area contributed by atoms with Crippen LogP contribution in [0.2, 0.25) is 5.02 Å². The number of ether oxygens (including phenoxy) is 1. The van der Waals surface area contributed by atoms with Gasteiger partial charge >= 0.3 is 6.03 Å². The molecule has 0 saturated heterocycles. The molecule has 0 aliphatic rings. The van der Waals surface area contributed by atoms with Crippen molar-refractivity contribution < 1.29 is 9.53 Å². The summed E-state index contributed by atoms with van der Waals surface area (Å²) < 4.78 is 5.61. The Labute approximate surface area is 135 Å². The zero-order chi connectivity index (χ0) is 15.8. The first-order chi connectivity index (χ1) is 10.6. The number of halogens is 1. The van der Waals surface area contributed by atoms with Crippen LogP contribution in [0.1, 0.15) is 11.1 Å². The number of para-hydroxylation sites is 1. The highest BCUT2D eigenvalue weighted by Crippen LogP contribution is 2.15. The molecule has 4 nitrogen and oxygen atoms in total. The van der Waals surface area contributed by atoms with Crippen LogP contribution in [0.3, 0.4) is 0 Å². The van der Waals surface area contributed by atoms with E-state index in [-0.39, 0.29) is 6.03 Å². The minimum absolute atomic E-state index is 0.219. The summed E-state index contributed by atoms with van der Waals surface area (Å²) in [6, 6.07) is 14.9. The second kappa shape index (κ2) is 8.29. The van der Waals surface area contributed by atoms with Gasteiger partial charge in [0.15, 0.2) is 0 Å². The van der Waals surface area contributed by atoms with E-state index in [2.05, 4.69) is 10.6 Å². The van der Waals surface area contributed by atoms with Crippen molar-refractivity contribution in [3.63, 3.8) is 0 Å². The third kappa shape index (κ3) is 5.30. The molecular formula is C17H19ClN2O2. The van der Waals surface area contributed by atoms with E-state index in [4.69, 9.17) is 16.3 Å². The van der Waals surface area contributed by atoms with E-state index >= 15 is 0 Å². The SMILES string of the molecule is Cc1ccccc1OCCNC(=O)NCc1ccc(Cl)cc1. The number of carbonyl (C=O) groups excluding carboxylic acids is 1. The maximum atomic E-state index is 11.7. The van der Waals surface area contributed by atoms with Crippen LogP contribution in [0.25, 0.3) is 0 Å². The van der Waals surface area contributed by atoms with Crippen molar-refractivity contribution in [3.05, 3.63) is 64.7 Å². The minimum Gasteiger partial charge on any atom is -0.491 e. The van der Waals surface area contributed by atoms with Crippen LogP contribution in [0.4, 0.5) is 4.79 Å². The molecule has 0 radical (unpaired) electrons. The van der Waals surface area contributed by atoms with Gasteiger partial charge in [0.2, 0.25) is 0 Å². The molecule has 0 aliphatic carbocycles. The van der Waals surface area contributed by atoms with Crippen LogP contribution in [-0.2, 0) is 6.54 Å². The Hall–Kier alpha value is -2.20. The van der Waals surface area contributed by atoms with Crippen LogP contribution < -0.4 is 15.4 Å². The molecule has 2 rings (SSSR count). The monoisotopic (exact) mass is 318 g/mol. The van der Waals surface area contributed by atoms with Gasteiger partial charge in [-0.15, -0.1) is 0 Å². The van der Waals surface area contributed by atoms with Gasteiger partial charge in [0, 0.05) is 11.6 Å². The quantitative estimate of drug-likeness (QED) is 0.801. The highest BCUT2D eigenvalue weighted by Gasteiger charge is 2.01. The van der Waals surface area contributed by atoms with Gasteiger partial charge in [-0.3, -0.25) is 0 Å². The normalized spacial score (nSPS) is 10.1. The lowest BCUT2D eigenvalue weighted by atomic mass is 10.2. The van der Waals surface area contributed by atoms with Gasteiger partial charge in [-0.2, -0.15) is 0 Å².